The second-order valence-corrected chi connectivity index (χ2v) is 6.84. The average Bonchev–Trinajstić information content (AvgIpc) is 2.25. The van der Waals surface area contributed by atoms with Gasteiger partial charge in [-0.2, -0.15) is 0 Å². The van der Waals surface area contributed by atoms with Crippen molar-refractivity contribution in [3.8, 4) is 0 Å². The molecular weight excluding hydrogens is 228 g/mol. The van der Waals surface area contributed by atoms with E-state index < -0.39 is 15.3 Å². The Morgan fingerprint density at radius 3 is 2.81 bits per heavy atom. The summed E-state index contributed by atoms with van der Waals surface area (Å²) in [6.45, 7) is 3.69. The smallest absolute Gasteiger partial charge is 0.216 e. The lowest BCUT2D eigenvalue weighted by Crippen LogP contribution is -2.42. The first-order valence-electron chi connectivity index (χ1n) is 5.73. The largest absolute Gasteiger partial charge is 0.395 e. The van der Waals surface area contributed by atoms with E-state index in [1.165, 1.54) is 6.92 Å². The van der Waals surface area contributed by atoms with Crippen molar-refractivity contribution in [2.24, 2.45) is 5.92 Å². The van der Waals surface area contributed by atoms with Gasteiger partial charge in [0.05, 0.1) is 11.9 Å². The summed E-state index contributed by atoms with van der Waals surface area (Å²) >= 11 is 0. The third-order valence-electron chi connectivity index (χ3n) is 3.08. The number of hydrogen-bond donors (Lipinski definition) is 2. The molecule has 1 saturated heterocycles. The first kappa shape index (κ1) is 13.9. The van der Waals surface area contributed by atoms with Gasteiger partial charge in [0.1, 0.15) is 0 Å². The number of likely N-dealkylation sites (tertiary alicyclic amines) is 1. The summed E-state index contributed by atoms with van der Waals surface area (Å²) in [5.41, 5.74) is 0. The Balaban J connectivity index is 2.39. The number of aliphatic hydroxyl groups excluding tert-OH is 1. The molecule has 0 spiro atoms. The van der Waals surface area contributed by atoms with E-state index in [0.29, 0.717) is 12.5 Å². The van der Waals surface area contributed by atoms with Crippen molar-refractivity contribution in [3.05, 3.63) is 0 Å². The topological polar surface area (TPSA) is 69.6 Å². The van der Waals surface area contributed by atoms with Crippen LogP contribution in [-0.2, 0) is 10.0 Å². The van der Waals surface area contributed by atoms with Crippen LogP contribution in [0.4, 0.5) is 0 Å². The van der Waals surface area contributed by atoms with E-state index in [4.69, 9.17) is 5.11 Å². The SMILES string of the molecule is CC(CO)S(=O)(=O)NCC1CCCN(C)C1. The lowest BCUT2D eigenvalue weighted by atomic mass is 9.99. The van der Waals surface area contributed by atoms with Crippen molar-refractivity contribution < 1.29 is 13.5 Å². The van der Waals surface area contributed by atoms with Gasteiger partial charge in [0, 0.05) is 13.1 Å². The van der Waals surface area contributed by atoms with Crippen LogP contribution in [-0.4, -0.2) is 57.0 Å². The van der Waals surface area contributed by atoms with Crippen molar-refractivity contribution in [1.29, 1.82) is 0 Å². The first-order valence-corrected chi connectivity index (χ1v) is 7.28. The molecule has 0 aromatic heterocycles. The van der Waals surface area contributed by atoms with Gasteiger partial charge in [-0.3, -0.25) is 0 Å². The molecule has 1 aliphatic heterocycles. The number of rotatable bonds is 5. The summed E-state index contributed by atoms with van der Waals surface area (Å²) < 4.78 is 25.8. The summed E-state index contributed by atoms with van der Waals surface area (Å²) in [6, 6.07) is 0. The fraction of sp³-hybridized carbons (Fsp3) is 1.00. The summed E-state index contributed by atoms with van der Waals surface area (Å²) in [6.07, 6.45) is 2.19. The molecule has 0 saturated carbocycles. The Bertz CT molecular complexity index is 305. The molecule has 2 unspecified atom stereocenters. The Labute approximate surface area is 97.9 Å². The highest BCUT2D eigenvalue weighted by Gasteiger charge is 2.23. The zero-order valence-electron chi connectivity index (χ0n) is 10.0. The predicted molar refractivity (Wildman–Crippen MR) is 63.7 cm³/mol. The van der Waals surface area contributed by atoms with Crippen molar-refractivity contribution in [3.63, 3.8) is 0 Å². The van der Waals surface area contributed by atoms with Crippen LogP contribution in [0, 0.1) is 5.92 Å². The molecule has 5 nitrogen and oxygen atoms in total. The fourth-order valence-electron chi connectivity index (χ4n) is 1.91. The number of hydrogen-bond acceptors (Lipinski definition) is 4. The molecule has 6 heteroatoms. The van der Waals surface area contributed by atoms with Gasteiger partial charge in [-0.05, 0) is 39.3 Å². The highest BCUT2D eigenvalue weighted by molar-refractivity contribution is 7.90. The standard InChI is InChI=1S/C10H22N2O3S/c1-9(8-13)16(14,15)11-6-10-4-3-5-12(2)7-10/h9-11,13H,3-8H2,1-2H3. The number of nitrogens with one attached hydrogen (secondary N) is 1. The van der Waals surface area contributed by atoms with Gasteiger partial charge in [0.25, 0.3) is 0 Å². The van der Waals surface area contributed by atoms with Gasteiger partial charge in [0.2, 0.25) is 10.0 Å². The Morgan fingerprint density at radius 2 is 2.25 bits per heavy atom. The molecule has 1 heterocycles. The van der Waals surface area contributed by atoms with Crippen LogP contribution in [0.1, 0.15) is 19.8 Å². The molecule has 0 aromatic rings. The molecule has 16 heavy (non-hydrogen) atoms. The van der Waals surface area contributed by atoms with E-state index in [-0.39, 0.29) is 6.61 Å². The maximum Gasteiger partial charge on any atom is 0.216 e. The van der Waals surface area contributed by atoms with Crippen LogP contribution >= 0.6 is 0 Å². The van der Waals surface area contributed by atoms with Crippen LogP contribution < -0.4 is 4.72 Å². The van der Waals surface area contributed by atoms with Crippen molar-refractivity contribution in [2.45, 2.75) is 25.0 Å². The second-order valence-electron chi connectivity index (χ2n) is 4.66. The quantitative estimate of drug-likeness (QED) is 0.698. The van der Waals surface area contributed by atoms with Crippen LogP contribution in [0.25, 0.3) is 0 Å². The predicted octanol–water partition coefficient (Wildman–Crippen LogP) is -0.372. The summed E-state index contributed by atoms with van der Waals surface area (Å²) in [4.78, 5) is 2.22. The number of piperidine rings is 1. The zero-order chi connectivity index (χ0) is 12.2. The summed E-state index contributed by atoms with van der Waals surface area (Å²) in [7, 11) is -1.29. The van der Waals surface area contributed by atoms with Crippen molar-refractivity contribution in [1.82, 2.24) is 9.62 Å². The molecule has 0 amide bonds. The number of nitrogens with zero attached hydrogens (tertiary/aromatic N) is 1. The Hall–Kier alpha value is -0.170. The summed E-state index contributed by atoms with van der Waals surface area (Å²) in [5.74, 6) is 0.388. The number of aliphatic hydroxyl groups is 1. The molecule has 2 atom stereocenters. The van der Waals surface area contributed by atoms with E-state index in [1.807, 2.05) is 0 Å². The minimum atomic E-state index is -3.35. The Kier molecular flexibility index (Phi) is 5.17. The van der Waals surface area contributed by atoms with Gasteiger partial charge in [-0.15, -0.1) is 0 Å². The minimum Gasteiger partial charge on any atom is -0.395 e. The van der Waals surface area contributed by atoms with Crippen LogP contribution in [0.15, 0.2) is 0 Å². The van der Waals surface area contributed by atoms with Crippen molar-refractivity contribution >= 4 is 10.0 Å². The van der Waals surface area contributed by atoms with Crippen LogP contribution in [0.2, 0.25) is 0 Å². The number of sulfonamides is 1. The normalized spacial score (nSPS) is 25.6. The third kappa shape index (κ3) is 4.01. The van der Waals surface area contributed by atoms with Crippen LogP contribution in [0.5, 0.6) is 0 Å². The highest BCUT2D eigenvalue weighted by Crippen LogP contribution is 2.14. The molecule has 0 aliphatic carbocycles. The van der Waals surface area contributed by atoms with Gasteiger partial charge in [-0.1, -0.05) is 0 Å². The first-order chi connectivity index (χ1) is 7.45. The zero-order valence-corrected chi connectivity index (χ0v) is 10.8. The van der Waals surface area contributed by atoms with E-state index in [9.17, 15) is 8.42 Å². The minimum absolute atomic E-state index is 0.333. The molecule has 0 bridgehead atoms. The van der Waals surface area contributed by atoms with Gasteiger partial charge in [0.15, 0.2) is 0 Å². The monoisotopic (exact) mass is 250 g/mol. The molecule has 0 radical (unpaired) electrons. The van der Waals surface area contributed by atoms with E-state index in [1.54, 1.807) is 0 Å². The average molecular weight is 250 g/mol. The van der Waals surface area contributed by atoms with Gasteiger partial charge < -0.3 is 10.0 Å². The van der Waals surface area contributed by atoms with E-state index in [2.05, 4.69) is 16.7 Å². The van der Waals surface area contributed by atoms with Gasteiger partial charge in [-0.25, -0.2) is 13.1 Å². The fourth-order valence-corrected chi connectivity index (χ4v) is 2.86. The summed E-state index contributed by atoms with van der Waals surface area (Å²) in [5, 5.41) is 8.09. The molecule has 1 fully saturated rings. The lowest BCUT2D eigenvalue weighted by Gasteiger charge is -2.29. The Morgan fingerprint density at radius 1 is 1.56 bits per heavy atom. The second kappa shape index (κ2) is 5.95. The highest BCUT2D eigenvalue weighted by atomic mass is 32.2. The maximum absolute atomic E-state index is 11.6. The maximum atomic E-state index is 11.6. The molecule has 1 rings (SSSR count). The van der Waals surface area contributed by atoms with Crippen LogP contribution in [0.3, 0.4) is 0 Å². The third-order valence-corrected chi connectivity index (χ3v) is 4.86. The molecule has 96 valence electrons. The lowest BCUT2D eigenvalue weighted by molar-refractivity contribution is 0.211. The van der Waals surface area contributed by atoms with Gasteiger partial charge >= 0.3 is 0 Å². The van der Waals surface area contributed by atoms with E-state index >= 15 is 0 Å². The molecule has 1 aliphatic rings. The molecular formula is C10H22N2O3S. The van der Waals surface area contributed by atoms with E-state index in [0.717, 1.165) is 25.9 Å². The molecule has 2 N–H and O–H groups in total. The molecule has 0 aromatic carbocycles. The van der Waals surface area contributed by atoms with Crippen molar-refractivity contribution in [2.75, 3.05) is 33.3 Å².